The minimum atomic E-state index is -6.15. The van der Waals surface area contributed by atoms with E-state index in [4.69, 9.17) is 0 Å². The molecule has 1 saturated heterocycles. The van der Waals surface area contributed by atoms with Crippen molar-refractivity contribution in [2.45, 2.75) is 49.6 Å². The molecule has 1 saturated carbocycles. The van der Waals surface area contributed by atoms with E-state index in [2.05, 4.69) is 5.32 Å². The first-order valence-electron chi connectivity index (χ1n) is 10.4. The average molecular weight is 466 g/mol. The van der Waals surface area contributed by atoms with Crippen molar-refractivity contribution in [2.24, 2.45) is 11.8 Å². The molecule has 1 heterocycles. The number of carbonyl (C=O) groups is 2. The third-order valence-electron chi connectivity index (χ3n) is 6.96. The number of rotatable bonds is 2. The highest BCUT2D eigenvalue weighted by Gasteiger charge is 2.73. The van der Waals surface area contributed by atoms with Crippen LogP contribution < -0.4 is 5.32 Å². The van der Waals surface area contributed by atoms with E-state index in [-0.39, 0.29) is 48.1 Å². The molecule has 2 aliphatic carbocycles. The lowest BCUT2D eigenvalue weighted by molar-refractivity contribution is -0.348. The van der Waals surface area contributed by atoms with Gasteiger partial charge in [0.25, 0.3) is 0 Å². The Morgan fingerprint density at radius 2 is 1.69 bits per heavy atom. The number of nitrogens with one attached hydrogen (secondary N) is 1. The maximum Gasteiger partial charge on any atom is 0.435 e. The normalized spacial score (nSPS) is 26.4. The van der Waals surface area contributed by atoms with Crippen molar-refractivity contribution >= 4 is 11.8 Å². The molecule has 0 unspecified atom stereocenters. The van der Waals surface area contributed by atoms with Crippen LogP contribution in [0.2, 0.25) is 0 Å². The van der Waals surface area contributed by atoms with Crippen molar-refractivity contribution < 1.29 is 40.3 Å². The highest BCUT2D eigenvalue weighted by atomic mass is 19.4. The molecule has 0 bridgehead atoms. The van der Waals surface area contributed by atoms with Crippen LogP contribution in [0.3, 0.4) is 0 Å². The number of alkyl halides is 7. The molecular formula is C21H21F7N2O2. The molecule has 3 atom stereocenters. The van der Waals surface area contributed by atoms with E-state index < -0.39 is 23.6 Å². The van der Waals surface area contributed by atoms with E-state index in [9.17, 15) is 40.3 Å². The molecule has 176 valence electrons. The fourth-order valence-corrected chi connectivity index (χ4v) is 5.43. The van der Waals surface area contributed by atoms with Gasteiger partial charge in [-0.3, -0.25) is 9.59 Å². The van der Waals surface area contributed by atoms with E-state index >= 15 is 0 Å². The second-order valence-corrected chi connectivity index (χ2v) is 8.67. The number of piperazine rings is 1. The van der Waals surface area contributed by atoms with Crippen LogP contribution in [-0.4, -0.2) is 48.7 Å². The van der Waals surface area contributed by atoms with Crippen molar-refractivity contribution in [3.63, 3.8) is 0 Å². The van der Waals surface area contributed by atoms with E-state index in [0.717, 1.165) is 6.07 Å². The molecule has 1 aliphatic heterocycles. The Morgan fingerprint density at radius 1 is 1.00 bits per heavy atom. The van der Waals surface area contributed by atoms with Crippen molar-refractivity contribution in [3.05, 3.63) is 34.9 Å². The molecule has 32 heavy (non-hydrogen) atoms. The van der Waals surface area contributed by atoms with Gasteiger partial charge in [0.15, 0.2) is 0 Å². The van der Waals surface area contributed by atoms with Crippen LogP contribution in [0.15, 0.2) is 18.2 Å². The van der Waals surface area contributed by atoms with Crippen LogP contribution in [0.4, 0.5) is 30.7 Å². The van der Waals surface area contributed by atoms with E-state index in [1.54, 1.807) is 0 Å². The van der Waals surface area contributed by atoms with Crippen molar-refractivity contribution in [1.82, 2.24) is 10.2 Å². The van der Waals surface area contributed by atoms with Crippen LogP contribution in [0.5, 0.6) is 0 Å². The van der Waals surface area contributed by atoms with Gasteiger partial charge in [-0.2, -0.15) is 26.3 Å². The number of carbonyl (C=O) groups excluding carboxylic acids is 2. The van der Waals surface area contributed by atoms with Gasteiger partial charge in [0.05, 0.1) is 6.54 Å². The predicted octanol–water partition coefficient (Wildman–Crippen LogP) is 3.99. The molecule has 0 radical (unpaired) electrons. The molecular weight excluding hydrogens is 445 g/mol. The molecule has 1 N–H and O–H groups in total. The average Bonchev–Trinajstić information content (AvgIpc) is 3.15. The summed E-state index contributed by atoms with van der Waals surface area (Å²) in [6.07, 6.45) is -10.7. The lowest BCUT2D eigenvalue weighted by Crippen LogP contribution is -2.52. The van der Waals surface area contributed by atoms with Crippen molar-refractivity contribution in [3.8, 4) is 0 Å². The summed E-state index contributed by atoms with van der Waals surface area (Å²) in [5.74, 6) is -1.07. The predicted molar refractivity (Wildman–Crippen MR) is 98.2 cm³/mol. The van der Waals surface area contributed by atoms with Crippen LogP contribution in [0.1, 0.15) is 41.9 Å². The number of benzene rings is 1. The first kappa shape index (κ1) is 22.8. The highest BCUT2D eigenvalue weighted by Crippen LogP contribution is 2.55. The monoisotopic (exact) mass is 466 g/mol. The third kappa shape index (κ3) is 3.53. The second kappa shape index (κ2) is 7.62. The second-order valence-electron chi connectivity index (χ2n) is 8.67. The molecule has 0 aromatic heterocycles. The van der Waals surface area contributed by atoms with Gasteiger partial charge in [-0.1, -0.05) is 18.2 Å². The van der Waals surface area contributed by atoms with E-state index in [0.29, 0.717) is 50.0 Å². The lowest BCUT2D eigenvalue weighted by Gasteiger charge is -2.36. The smallest absolute Gasteiger partial charge is 0.353 e. The molecule has 0 spiro atoms. The minimum absolute atomic E-state index is 0.0276. The number of nitrogens with zero attached hydrogens (tertiary/aromatic N) is 1. The van der Waals surface area contributed by atoms with Crippen LogP contribution in [0.25, 0.3) is 0 Å². The number of amides is 2. The number of aryl methyl sites for hydroxylation is 1. The van der Waals surface area contributed by atoms with Crippen LogP contribution in [-0.2, 0) is 21.7 Å². The number of fused-ring (bicyclic) bond motifs is 3. The van der Waals surface area contributed by atoms with Gasteiger partial charge in [0.2, 0.25) is 11.8 Å². The summed E-state index contributed by atoms with van der Waals surface area (Å²) >= 11 is 0. The standard InChI is InChI=1S/C21H21F7N2O2/c22-19(20(23,24)25,21(26,27)28)12-2-4-13-11(9-12)1-3-15-14(13)5-6-16(15)18(32)30-8-7-29-17(31)10-30/h2,4,9,14-16H,1,3,5-8,10H2,(H,29,31)/t14-,15+,16+/m0/s1. The van der Waals surface area contributed by atoms with Crippen molar-refractivity contribution in [2.75, 3.05) is 19.6 Å². The lowest BCUT2D eigenvalue weighted by atomic mass is 9.73. The summed E-state index contributed by atoms with van der Waals surface area (Å²) in [5.41, 5.74) is -6.10. The summed E-state index contributed by atoms with van der Waals surface area (Å²) in [7, 11) is 0. The summed E-state index contributed by atoms with van der Waals surface area (Å²) in [4.78, 5) is 26.1. The molecule has 4 nitrogen and oxygen atoms in total. The Kier molecular flexibility index (Phi) is 5.44. The van der Waals surface area contributed by atoms with Gasteiger partial charge in [-0.25, -0.2) is 4.39 Å². The van der Waals surface area contributed by atoms with Gasteiger partial charge in [0.1, 0.15) is 0 Å². The zero-order chi connectivity index (χ0) is 23.5. The summed E-state index contributed by atoms with van der Waals surface area (Å²) in [6, 6.07) is 2.39. The number of hydrogen-bond donors (Lipinski definition) is 1. The van der Waals surface area contributed by atoms with Gasteiger partial charge < -0.3 is 10.2 Å². The summed E-state index contributed by atoms with van der Waals surface area (Å²) in [6.45, 7) is 0.729. The SMILES string of the molecule is O=C1CN(C(=O)[C@@H]2CC[C@H]3c4ccc(C(F)(C(F)(F)F)C(F)(F)F)cc4CC[C@@H]23)CCN1. The zero-order valence-electron chi connectivity index (χ0n) is 16.8. The fraction of sp³-hybridized carbons (Fsp3) is 0.619. The van der Waals surface area contributed by atoms with E-state index in [1.165, 1.54) is 4.90 Å². The Morgan fingerprint density at radius 3 is 2.31 bits per heavy atom. The summed E-state index contributed by atoms with van der Waals surface area (Å²) < 4.78 is 93.1. The Bertz CT molecular complexity index is 914. The zero-order valence-corrected chi connectivity index (χ0v) is 16.8. The Balaban J connectivity index is 1.60. The Labute approximate surface area is 179 Å². The maximum atomic E-state index is 14.4. The maximum absolute atomic E-state index is 14.4. The van der Waals surface area contributed by atoms with E-state index in [1.807, 2.05) is 0 Å². The van der Waals surface area contributed by atoms with Gasteiger partial charge in [-0.15, -0.1) is 0 Å². The summed E-state index contributed by atoms with van der Waals surface area (Å²) in [5, 5.41) is 2.64. The third-order valence-corrected chi connectivity index (χ3v) is 6.96. The van der Waals surface area contributed by atoms with Crippen LogP contribution in [0, 0.1) is 11.8 Å². The first-order valence-corrected chi connectivity index (χ1v) is 10.4. The molecule has 11 heteroatoms. The molecule has 1 aromatic carbocycles. The largest absolute Gasteiger partial charge is 0.435 e. The number of halogens is 7. The number of hydrogen-bond acceptors (Lipinski definition) is 2. The van der Waals surface area contributed by atoms with Gasteiger partial charge in [0, 0.05) is 24.6 Å². The molecule has 2 amide bonds. The minimum Gasteiger partial charge on any atom is -0.353 e. The molecule has 1 aromatic rings. The van der Waals surface area contributed by atoms with Gasteiger partial charge >= 0.3 is 18.0 Å². The molecule has 3 aliphatic rings. The quantitative estimate of drug-likeness (QED) is 0.671. The Hall–Kier alpha value is -2.33. The fourth-order valence-electron chi connectivity index (χ4n) is 5.43. The molecule has 4 rings (SSSR count). The van der Waals surface area contributed by atoms with Crippen LogP contribution >= 0.6 is 0 Å². The highest BCUT2D eigenvalue weighted by molar-refractivity contribution is 5.87. The van der Waals surface area contributed by atoms with Crippen molar-refractivity contribution in [1.29, 1.82) is 0 Å². The molecule has 2 fully saturated rings. The topological polar surface area (TPSA) is 49.4 Å². The van der Waals surface area contributed by atoms with Gasteiger partial charge in [-0.05, 0) is 48.6 Å². The first-order chi connectivity index (χ1) is 14.8.